The number of benzene rings is 1. The molecule has 9 heteroatoms. The first-order chi connectivity index (χ1) is 14.0. The molecule has 0 saturated heterocycles. The number of aliphatic hydroxyl groups excluding tert-OH is 2. The number of carbonyl (C=O) groups excluding carboxylic acids is 3. The minimum Gasteiger partial charge on any atom is -0.508 e. The molecule has 30 heavy (non-hydrogen) atoms. The van der Waals surface area contributed by atoms with E-state index < -0.39 is 64.0 Å². The summed E-state index contributed by atoms with van der Waals surface area (Å²) in [6.07, 6.45) is 0.148. The van der Waals surface area contributed by atoms with Crippen LogP contribution >= 0.6 is 0 Å². The third-order valence-corrected chi connectivity index (χ3v) is 7.15. The summed E-state index contributed by atoms with van der Waals surface area (Å²) in [4.78, 5) is 37.4. The number of rotatable bonds is 1. The summed E-state index contributed by atoms with van der Waals surface area (Å²) in [5.41, 5.74) is 0.713. The summed E-state index contributed by atoms with van der Waals surface area (Å²) >= 11 is 0. The van der Waals surface area contributed by atoms with Crippen molar-refractivity contribution in [3.05, 3.63) is 45.7 Å². The molecule has 1 aromatic carbocycles. The predicted molar refractivity (Wildman–Crippen MR) is 99.9 cm³/mol. The van der Waals surface area contributed by atoms with Crippen LogP contribution in [0.15, 0.2) is 29.0 Å². The number of aliphatic hydroxyl groups is 4. The normalized spacial score (nSPS) is 34.6. The second-order valence-electron chi connectivity index (χ2n) is 8.48. The topological polar surface area (TPSA) is 178 Å². The molecule has 4 atom stereocenters. The monoisotopic (exact) mass is 413 g/mol. The van der Waals surface area contributed by atoms with E-state index in [0.717, 1.165) is 5.56 Å². The lowest BCUT2D eigenvalue weighted by Gasteiger charge is -2.50. The number of Topliss-reactive ketones (excluding diaryl/α,β-unsaturated/α-hetero) is 2. The highest BCUT2D eigenvalue weighted by molar-refractivity contribution is 6.22. The number of nitrogens with two attached hydrogens (primary N) is 1. The molecule has 1 amide bonds. The molecule has 9 nitrogen and oxygen atoms in total. The van der Waals surface area contributed by atoms with Gasteiger partial charge in [0.2, 0.25) is 5.78 Å². The van der Waals surface area contributed by atoms with E-state index in [0.29, 0.717) is 12.0 Å². The first kappa shape index (κ1) is 18.8. The van der Waals surface area contributed by atoms with Crippen LogP contribution < -0.4 is 5.73 Å². The Labute approximate surface area is 169 Å². The van der Waals surface area contributed by atoms with Gasteiger partial charge >= 0.3 is 0 Å². The van der Waals surface area contributed by atoms with Gasteiger partial charge in [-0.25, -0.2) is 0 Å². The van der Waals surface area contributed by atoms with Gasteiger partial charge in [-0.15, -0.1) is 0 Å². The van der Waals surface area contributed by atoms with Crippen LogP contribution in [-0.4, -0.2) is 48.6 Å². The Morgan fingerprint density at radius 3 is 2.50 bits per heavy atom. The lowest BCUT2D eigenvalue weighted by atomic mass is 9.56. The van der Waals surface area contributed by atoms with Crippen molar-refractivity contribution in [1.29, 1.82) is 0 Å². The largest absolute Gasteiger partial charge is 0.508 e. The molecule has 0 unspecified atom stereocenters. The van der Waals surface area contributed by atoms with E-state index in [-0.39, 0.29) is 29.7 Å². The lowest BCUT2D eigenvalue weighted by molar-refractivity contribution is -0.153. The minimum absolute atomic E-state index is 0.0837. The Kier molecular flexibility index (Phi) is 3.45. The van der Waals surface area contributed by atoms with Crippen molar-refractivity contribution in [2.45, 2.75) is 36.9 Å². The van der Waals surface area contributed by atoms with Crippen LogP contribution in [0.1, 0.15) is 36.0 Å². The number of amides is 1. The summed E-state index contributed by atoms with van der Waals surface area (Å²) in [6.45, 7) is 0. The number of aryl methyl sites for hydroxylation is 1. The van der Waals surface area contributed by atoms with Gasteiger partial charge in [0.05, 0.1) is 11.2 Å². The van der Waals surface area contributed by atoms with Crippen molar-refractivity contribution in [2.24, 2.45) is 17.6 Å². The lowest BCUT2D eigenvalue weighted by Crippen LogP contribution is -2.60. The van der Waals surface area contributed by atoms with Crippen molar-refractivity contribution in [3.8, 4) is 5.75 Å². The van der Waals surface area contributed by atoms with Gasteiger partial charge < -0.3 is 31.3 Å². The number of hydrogen-bond donors (Lipinski definition) is 6. The van der Waals surface area contributed by atoms with Crippen molar-refractivity contribution in [1.82, 2.24) is 0 Å². The van der Waals surface area contributed by atoms with E-state index in [2.05, 4.69) is 0 Å². The molecule has 4 aliphatic rings. The summed E-state index contributed by atoms with van der Waals surface area (Å²) < 4.78 is 0. The maximum Gasteiger partial charge on any atom is 0.255 e. The van der Waals surface area contributed by atoms with Crippen LogP contribution in [0, 0.1) is 11.8 Å². The van der Waals surface area contributed by atoms with E-state index in [1.807, 2.05) is 0 Å². The Morgan fingerprint density at radius 1 is 1.13 bits per heavy atom. The third kappa shape index (κ3) is 1.91. The van der Waals surface area contributed by atoms with E-state index in [4.69, 9.17) is 5.73 Å². The van der Waals surface area contributed by atoms with Gasteiger partial charge in [-0.3, -0.25) is 14.4 Å². The Hall–Kier alpha value is -3.17. The molecule has 0 heterocycles. The van der Waals surface area contributed by atoms with Gasteiger partial charge in [-0.05, 0) is 30.9 Å². The highest BCUT2D eigenvalue weighted by atomic mass is 16.3. The molecule has 4 aliphatic carbocycles. The number of carbonyl (C=O) groups is 3. The fourth-order valence-electron chi connectivity index (χ4n) is 5.77. The number of phenols is 1. The second-order valence-corrected chi connectivity index (χ2v) is 8.48. The average molecular weight is 413 g/mol. The smallest absolute Gasteiger partial charge is 0.255 e. The minimum atomic E-state index is -2.64. The molecular weight excluding hydrogens is 394 g/mol. The molecule has 7 N–H and O–H groups in total. The molecule has 0 aliphatic heterocycles. The molecule has 1 aromatic rings. The number of primary amides is 1. The van der Waals surface area contributed by atoms with Crippen LogP contribution in [0.5, 0.6) is 5.75 Å². The van der Waals surface area contributed by atoms with Crippen LogP contribution in [0.3, 0.4) is 0 Å². The van der Waals surface area contributed by atoms with Crippen molar-refractivity contribution in [3.63, 3.8) is 0 Å². The number of hydrogen-bond acceptors (Lipinski definition) is 8. The molecule has 0 spiro atoms. The number of ketones is 2. The number of aromatic hydroxyl groups is 1. The van der Waals surface area contributed by atoms with Crippen molar-refractivity contribution in [2.75, 3.05) is 0 Å². The summed E-state index contributed by atoms with van der Waals surface area (Å²) in [7, 11) is 0. The van der Waals surface area contributed by atoms with Gasteiger partial charge in [0.15, 0.2) is 11.4 Å². The van der Waals surface area contributed by atoms with Gasteiger partial charge in [0.1, 0.15) is 22.8 Å². The first-order valence-corrected chi connectivity index (χ1v) is 9.58. The van der Waals surface area contributed by atoms with Crippen molar-refractivity contribution < 1.29 is 39.9 Å². The van der Waals surface area contributed by atoms with Crippen LogP contribution in [0.2, 0.25) is 0 Å². The molecule has 0 radical (unpaired) electrons. The van der Waals surface area contributed by atoms with Gasteiger partial charge in [0.25, 0.3) is 5.91 Å². The summed E-state index contributed by atoms with van der Waals surface area (Å²) in [5, 5.41) is 54.6. The second kappa shape index (κ2) is 5.50. The SMILES string of the molecule is NC(=O)C1=C(O)[C@@]2(O)C(=O)C3=C(O)c4c(O)ccc5c4[C@](O)(CC5)[C@H]3C[C@H]2CC1=O. The average Bonchev–Trinajstić information content (AvgIpc) is 3.01. The zero-order chi connectivity index (χ0) is 21.7. The summed E-state index contributed by atoms with van der Waals surface area (Å²) in [6, 6.07) is 2.99. The standard InChI is InChI=1S/C21H19NO8/c22-19(28)14-11(24)6-8-5-9-12(17(26)21(8,30)18(14)27)16(25)13-10(23)2-1-7-3-4-20(9,29)15(7)13/h1-2,8-9,23,25,27,29-30H,3-6H2,(H2,22,28)/t8-,9-,20-,21-/m0/s1. The van der Waals surface area contributed by atoms with Crippen LogP contribution in [-0.2, 0) is 26.4 Å². The first-order valence-electron chi connectivity index (χ1n) is 9.58. The maximum atomic E-state index is 13.4. The molecule has 0 aromatic heterocycles. The molecule has 1 fully saturated rings. The highest BCUT2D eigenvalue weighted by Crippen LogP contribution is 2.60. The van der Waals surface area contributed by atoms with Crippen LogP contribution in [0.4, 0.5) is 0 Å². The Morgan fingerprint density at radius 2 is 1.83 bits per heavy atom. The zero-order valence-corrected chi connectivity index (χ0v) is 15.7. The molecule has 156 valence electrons. The molecule has 5 rings (SSSR count). The van der Waals surface area contributed by atoms with Gasteiger partial charge in [-0.1, -0.05) is 6.07 Å². The summed E-state index contributed by atoms with van der Waals surface area (Å²) in [5.74, 6) is -7.34. The van der Waals surface area contributed by atoms with Gasteiger partial charge in [0, 0.05) is 29.4 Å². The Bertz CT molecular complexity index is 1150. The third-order valence-electron chi connectivity index (χ3n) is 7.15. The van der Waals surface area contributed by atoms with Crippen LogP contribution in [0.25, 0.3) is 5.76 Å². The zero-order valence-electron chi connectivity index (χ0n) is 15.7. The van der Waals surface area contributed by atoms with Crippen molar-refractivity contribution >= 4 is 23.2 Å². The van der Waals surface area contributed by atoms with Gasteiger partial charge in [-0.2, -0.15) is 0 Å². The van der Waals surface area contributed by atoms with E-state index in [1.54, 1.807) is 6.07 Å². The maximum absolute atomic E-state index is 13.4. The number of fused-ring (bicyclic) bond motifs is 3. The van der Waals surface area contributed by atoms with E-state index in [9.17, 15) is 39.9 Å². The molecule has 0 bridgehead atoms. The quantitative estimate of drug-likeness (QED) is 0.349. The predicted octanol–water partition coefficient (Wildman–Crippen LogP) is 0.0152. The highest BCUT2D eigenvalue weighted by Gasteiger charge is 2.65. The van der Waals surface area contributed by atoms with E-state index in [1.165, 1.54) is 6.07 Å². The fraction of sp³-hybridized carbons (Fsp3) is 0.381. The molecular formula is C21H19NO8. The fourth-order valence-corrected chi connectivity index (χ4v) is 5.77. The molecule has 1 saturated carbocycles. The Balaban J connectivity index is 1.79. The number of phenolic OH excluding ortho intramolecular Hbond substituents is 1. The van der Waals surface area contributed by atoms with E-state index >= 15 is 0 Å².